The lowest BCUT2D eigenvalue weighted by atomic mass is 10.1. The Morgan fingerprint density at radius 1 is 1.33 bits per heavy atom. The van der Waals surface area contributed by atoms with Gasteiger partial charge in [0.1, 0.15) is 11.4 Å². The van der Waals surface area contributed by atoms with Crippen molar-refractivity contribution in [2.75, 3.05) is 19.0 Å². The van der Waals surface area contributed by atoms with Crippen molar-refractivity contribution < 1.29 is 4.74 Å². The fraction of sp³-hybridized carbons (Fsp3) is 0.385. The third kappa shape index (κ3) is 2.61. The van der Waals surface area contributed by atoms with Crippen LogP contribution in [0.5, 0.6) is 5.75 Å². The zero-order chi connectivity index (χ0) is 13.0. The molecule has 1 heterocycles. The molecule has 0 bridgehead atoms. The van der Waals surface area contributed by atoms with Crippen LogP contribution in [0.1, 0.15) is 18.9 Å². The summed E-state index contributed by atoms with van der Waals surface area (Å²) in [5, 5.41) is 3.29. The van der Waals surface area contributed by atoms with Crippen LogP contribution in [0.25, 0.3) is 11.3 Å². The van der Waals surface area contributed by atoms with Gasteiger partial charge in [-0.05, 0) is 25.5 Å². The van der Waals surface area contributed by atoms with Crippen LogP contribution in [0, 0.1) is 6.92 Å². The number of aryl methyl sites for hydroxylation is 1. The lowest BCUT2D eigenvalue weighted by Gasteiger charge is -2.09. The molecule has 1 aromatic heterocycles. The van der Waals surface area contributed by atoms with Gasteiger partial charge in [0.2, 0.25) is 0 Å². The highest BCUT2D eigenvalue weighted by molar-refractivity contribution is 6.99. The summed E-state index contributed by atoms with van der Waals surface area (Å²) in [6, 6.07) is 6.07. The third-order valence-electron chi connectivity index (χ3n) is 2.64. The van der Waals surface area contributed by atoms with Crippen molar-refractivity contribution in [3.05, 3.63) is 23.8 Å². The number of aromatic nitrogens is 2. The Morgan fingerprint density at radius 3 is 2.89 bits per heavy atom. The van der Waals surface area contributed by atoms with E-state index in [4.69, 9.17) is 4.74 Å². The predicted octanol–water partition coefficient (Wildman–Crippen LogP) is 3.34. The van der Waals surface area contributed by atoms with Crippen LogP contribution in [-0.4, -0.2) is 22.4 Å². The molecule has 0 unspecified atom stereocenters. The van der Waals surface area contributed by atoms with Crippen molar-refractivity contribution in [2.45, 2.75) is 20.3 Å². The van der Waals surface area contributed by atoms with Gasteiger partial charge in [-0.2, -0.15) is 8.75 Å². The molecule has 96 valence electrons. The van der Waals surface area contributed by atoms with E-state index in [0.717, 1.165) is 35.8 Å². The normalized spacial score (nSPS) is 10.4. The monoisotopic (exact) mass is 263 g/mol. The summed E-state index contributed by atoms with van der Waals surface area (Å²) in [7, 11) is 1.67. The third-order valence-corrected chi connectivity index (χ3v) is 3.17. The highest BCUT2D eigenvalue weighted by atomic mass is 32.1. The van der Waals surface area contributed by atoms with Gasteiger partial charge < -0.3 is 10.1 Å². The Balaban J connectivity index is 2.41. The number of nitrogens with one attached hydrogen (secondary N) is 1. The predicted molar refractivity (Wildman–Crippen MR) is 75.4 cm³/mol. The van der Waals surface area contributed by atoms with Crippen LogP contribution in [0.3, 0.4) is 0 Å². The van der Waals surface area contributed by atoms with Crippen molar-refractivity contribution in [1.29, 1.82) is 0 Å². The molecule has 0 fully saturated rings. The van der Waals surface area contributed by atoms with Crippen molar-refractivity contribution in [1.82, 2.24) is 8.75 Å². The summed E-state index contributed by atoms with van der Waals surface area (Å²) in [6.07, 6.45) is 1.06. The fourth-order valence-corrected chi connectivity index (χ4v) is 2.27. The summed E-state index contributed by atoms with van der Waals surface area (Å²) in [5.74, 6) is 1.67. The van der Waals surface area contributed by atoms with E-state index in [0.29, 0.717) is 0 Å². The van der Waals surface area contributed by atoms with Gasteiger partial charge in [-0.1, -0.05) is 18.6 Å². The van der Waals surface area contributed by atoms with Gasteiger partial charge in [0.25, 0.3) is 0 Å². The smallest absolute Gasteiger partial charge is 0.168 e. The highest BCUT2D eigenvalue weighted by Gasteiger charge is 2.14. The standard InChI is InChI=1S/C13H17N3OS/c1-4-7-14-13-12(15-18-16-13)10-8-9(2)5-6-11(10)17-3/h5-6,8H,4,7H2,1-3H3,(H,14,16). The average molecular weight is 263 g/mol. The lowest BCUT2D eigenvalue weighted by Crippen LogP contribution is -2.01. The maximum atomic E-state index is 5.39. The summed E-state index contributed by atoms with van der Waals surface area (Å²) < 4.78 is 14.1. The number of rotatable bonds is 5. The van der Waals surface area contributed by atoms with Gasteiger partial charge in [-0.15, -0.1) is 0 Å². The Kier molecular flexibility index (Phi) is 4.15. The number of benzene rings is 1. The zero-order valence-corrected chi connectivity index (χ0v) is 11.7. The van der Waals surface area contributed by atoms with Gasteiger partial charge in [0.05, 0.1) is 18.8 Å². The summed E-state index contributed by atoms with van der Waals surface area (Å²) >= 11 is 1.22. The maximum absolute atomic E-state index is 5.39. The number of hydrogen-bond donors (Lipinski definition) is 1. The molecule has 4 nitrogen and oxygen atoms in total. The van der Waals surface area contributed by atoms with E-state index in [1.807, 2.05) is 12.1 Å². The SMILES string of the molecule is CCCNc1nsnc1-c1cc(C)ccc1OC. The van der Waals surface area contributed by atoms with Crippen LogP contribution in [0.4, 0.5) is 5.82 Å². The van der Waals surface area contributed by atoms with Crippen molar-refractivity contribution in [2.24, 2.45) is 0 Å². The van der Waals surface area contributed by atoms with Crippen LogP contribution in [0.15, 0.2) is 18.2 Å². The summed E-state index contributed by atoms with van der Waals surface area (Å²) in [5.41, 5.74) is 3.04. The van der Waals surface area contributed by atoms with Crippen LogP contribution in [0.2, 0.25) is 0 Å². The quantitative estimate of drug-likeness (QED) is 0.898. The van der Waals surface area contributed by atoms with Crippen molar-refractivity contribution >= 4 is 17.5 Å². The average Bonchev–Trinajstić information content (AvgIpc) is 2.84. The minimum absolute atomic E-state index is 0.827. The molecule has 0 aliphatic carbocycles. The number of nitrogens with zero attached hydrogens (tertiary/aromatic N) is 2. The van der Waals surface area contributed by atoms with Crippen molar-refractivity contribution in [3.63, 3.8) is 0 Å². The lowest BCUT2D eigenvalue weighted by molar-refractivity contribution is 0.416. The van der Waals surface area contributed by atoms with Gasteiger partial charge in [-0.3, -0.25) is 0 Å². The summed E-state index contributed by atoms with van der Waals surface area (Å²) in [4.78, 5) is 0. The molecule has 0 spiro atoms. The van der Waals surface area contributed by atoms with E-state index in [1.54, 1.807) is 7.11 Å². The zero-order valence-electron chi connectivity index (χ0n) is 10.9. The number of methoxy groups -OCH3 is 1. The van der Waals surface area contributed by atoms with Crippen LogP contribution in [-0.2, 0) is 0 Å². The molecular formula is C13H17N3OS. The molecule has 0 amide bonds. The van der Waals surface area contributed by atoms with E-state index in [9.17, 15) is 0 Å². The summed E-state index contributed by atoms with van der Waals surface area (Å²) in [6.45, 7) is 5.08. The minimum atomic E-state index is 0.827. The topological polar surface area (TPSA) is 47.0 Å². The molecule has 18 heavy (non-hydrogen) atoms. The van der Waals surface area contributed by atoms with Gasteiger partial charge in [0.15, 0.2) is 5.82 Å². The molecule has 0 saturated carbocycles. The fourth-order valence-electron chi connectivity index (χ4n) is 1.73. The molecule has 0 aliphatic rings. The molecule has 1 N–H and O–H groups in total. The second-order valence-electron chi connectivity index (χ2n) is 4.09. The molecule has 0 saturated heterocycles. The number of hydrogen-bond acceptors (Lipinski definition) is 5. The number of anilines is 1. The first-order chi connectivity index (χ1) is 8.76. The molecule has 2 aromatic rings. The maximum Gasteiger partial charge on any atom is 0.168 e. The molecule has 0 aliphatic heterocycles. The first kappa shape index (κ1) is 12.8. The van der Waals surface area contributed by atoms with E-state index in [1.165, 1.54) is 17.3 Å². The van der Waals surface area contributed by atoms with E-state index >= 15 is 0 Å². The van der Waals surface area contributed by atoms with Gasteiger partial charge >= 0.3 is 0 Å². The van der Waals surface area contributed by atoms with E-state index in [-0.39, 0.29) is 0 Å². The van der Waals surface area contributed by atoms with E-state index < -0.39 is 0 Å². The Morgan fingerprint density at radius 2 is 2.17 bits per heavy atom. The van der Waals surface area contributed by atoms with Gasteiger partial charge in [-0.25, -0.2) is 0 Å². The molecule has 0 radical (unpaired) electrons. The largest absolute Gasteiger partial charge is 0.496 e. The van der Waals surface area contributed by atoms with Gasteiger partial charge in [0, 0.05) is 12.1 Å². The molecule has 1 aromatic carbocycles. The second-order valence-corrected chi connectivity index (χ2v) is 4.62. The van der Waals surface area contributed by atoms with Crippen LogP contribution >= 0.6 is 11.7 Å². The highest BCUT2D eigenvalue weighted by Crippen LogP contribution is 2.34. The van der Waals surface area contributed by atoms with Crippen molar-refractivity contribution in [3.8, 4) is 17.0 Å². The first-order valence-electron chi connectivity index (χ1n) is 5.97. The number of ether oxygens (including phenoxy) is 1. The first-order valence-corrected chi connectivity index (χ1v) is 6.70. The molecule has 5 heteroatoms. The molecule has 0 atom stereocenters. The second kappa shape index (κ2) is 5.82. The minimum Gasteiger partial charge on any atom is -0.496 e. The Labute approximate surface area is 111 Å². The van der Waals surface area contributed by atoms with E-state index in [2.05, 4.69) is 34.0 Å². The Hall–Kier alpha value is -1.62. The molecular weight excluding hydrogens is 246 g/mol. The Bertz CT molecular complexity index is 525. The molecule has 2 rings (SSSR count). The van der Waals surface area contributed by atoms with Crippen LogP contribution < -0.4 is 10.1 Å².